The van der Waals surface area contributed by atoms with Gasteiger partial charge in [0.05, 0.1) is 18.8 Å². The summed E-state index contributed by atoms with van der Waals surface area (Å²) in [7, 11) is 0. The fraction of sp³-hybridized carbons (Fsp3) is 0.600. The maximum atomic E-state index is 10.2. The summed E-state index contributed by atoms with van der Waals surface area (Å²) >= 11 is 0. The van der Waals surface area contributed by atoms with Gasteiger partial charge in [0, 0.05) is 19.8 Å². The monoisotopic (exact) mass is 417 g/mol. The zero-order valence-electron chi connectivity index (χ0n) is 18.1. The number of aryl methyl sites for hydroxylation is 1. The minimum Gasteiger partial charge on any atom is -0.392 e. The number of unbranched alkanes of at least 4 members (excludes halogenated alkanes) is 4. The van der Waals surface area contributed by atoms with E-state index in [2.05, 4.69) is 35.6 Å². The van der Waals surface area contributed by atoms with Gasteiger partial charge in [-0.15, -0.1) is 0 Å². The third kappa shape index (κ3) is 10.0. The lowest BCUT2D eigenvalue weighted by atomic mass is 9.94. The van der Waals surface area contributed by atoms with Gasteiger partial charge in [-0.3, -0.25) is 0 Å². The molecule has 0 radical (unpaired) electrons. The number of aliphatic hydroxyl groups is 3. The molecule has 0 amide bonds. The first kappa shape index (κ1) is 24.8. The molecule has 0 spiro atoms. The highest BCUT2D eigenvalue weighted by atomic mass is 16.5. The van der Waals surface area contributed by atoms with Crippen LogP contribution >= 0.6 is 0 Å². The number of ether oxygens (including phenoxy) is 1. The van der Waals surface area contributed by atoms with E-state index in [4.69, 9.17) is 4.74 Å². The molecule has 4 N–H and O–H groups in total. The molecule has 0 aliphatic heterocycles. The summed E-state index contributed by atoms with van der Waals surface area (Å²) < 4.78 is 5.73. The zero-order chi connectivity index (χ0) is 21.4. The third-order valence-electron chi connectivity index (χ3n) is 5.50. The van der Waals surface area contributed by atoms with Crippen molar-refractivity contribution in [2.45, 2.75) is 63.6 Å². The van der Waals surface area contributed by atoms with Crippen molar-refractivity contribution in [3.63, 3.8) is 0 Å². The Morgan fingerprint density at radius 1 is 1.00 bits per heavy atom. The zero-order valence-corrected chi connectivity index (χ0v) is 18.1. The van der Waals surface area contributed by atoms with Crippen molar-refractivity contribution >= 4 is 0 Å². The number of rotatable bonds is 16. The van der Waals surface area contributed by atoms with Gasteiger partial charge in [0.2, 0.25) is 0 Å². The second-order valence-corrected chi connectivity index (χ2v) is 8.02. The molecule has 2 atom stereocenters. The Morgan fingerprint density at radius 3 is 2.50 bits per heavy atom. The van der Waals surface area contributed by atoms with Gasteiger partial charge in [-0.25, -0.2) is 0 Å². The van der Waals surface area contributed by atoms with Crippen LogP contribution in [0.3, 0.4) is 0 Å². The molecule has 5 heteroatoms. The van der Waals surface area contributed by atoms with Crippen molar-refractivity contribution in [2.24, 2.45) is 0 Å². The maximum Gasteiger partial charge on any atom is 0.0911 e. The quantitative estimate of drug-likeness (QED) is 0.311. The van der Waals surface area contributed by atoms with Crippen LogP contribution < -0.4 is 5.32 Å². The highest BCUT2D eigenvalue weighted by molar-refractivity contribution is 5.33. The Balaban J connectivity index is 1.37. The van der Waals surface area contributed by atoms with E-state index in [0.29, 0.717) is 18.5 Å². The van der Waals surface area contributed by atoms with Crippen molar-refractivity contribution in [1.29, 1.82) is 0 Å². The van der Waals surface area contributed by atoms with E-state index < -0.39 is 12.2 Å². The first-order chi connectivity index (χ1) is 14.7. The molecule has 30 heavy (non-hydrogen) atoms. The van der Waals surface area contributed by atoms with Crippen LogP contribution in [0, 0.1) is 0 Å². The van der Waals surface area contributed by atoms with Gasteiger partial charge >= 0.3 is 0 Å². The second kappa shape index (κ2) is 15.3. The molecule has 0 saturated carbocycles. The van der Waals surface area contributed by atoms with E-state index in [1.807, 2.05) is 6.08 Å². The number of hydrogen-bond acceptors (Lipinski definition) is 5. The lowest BCUT2D eigenvalue weighted by Gasteiger charge is -2.21. The molecule has 0 fully saturated rings. The number of hydrogen-bond donors (Lipinski definition) is 4. The van der Waals surface area contributed by atoms with E-state index in [1.54, 1.807) is 6.08 Å². The minimum absolute atomic E-state index is 0.171. The number of benzene rings is 1. The predicted octanol–water partition coefficient (Wildman–Crippen LogP) is 3.15. The average Bonchev–Trinajstić information content (AvgIpc) is 2.77. The molecule has 0 bridgehead atoms. The molecule has 2 rings (SSSR count). The lowest BCUT2D eigenvalue weighted by Crippen LogP contribution is -2.30. The van der Waals surface area contributed by atoms with Gasteiger partial charge in [-0.1, -0.05) is 55.3 Å². The van der Waals surface area contributed by atoms with Crippen LogP contribution in [-0.4, -0.2) is 60.4 Å². The summed E-state index contributed by atoms with van der Waals surface area (Å²) in [6.45, 7) is 2.89. The van der Waals surface area contributed by atoms with Gasteiger partial charge in [0.15, 0.2) is 0 Å². The standard InChI is InChI=1S/C25H39NO4/c27-20-23-18-22(13-14-24(23)28)25(29)19-26-15-7-1-2-8-16-30-17-9-6-12-21-10-4-3-5-11-21/h3-5,10-11,13,18,24-29H,1-2,6-9,12,14-17,19-20H2. The lowest BCUT2D eigenvalue weighted by molar-refractivity contribution is 0.126. The van der Waals surface area contributed by atoms with Crippen LogP contribution in [0.4, 0.5) is 0 Å². The van der Waals surface area contributed by atoms with Crippen LogP contribution in [0.15, 0.2) is 53.6 Å². The molecule has 0 aromatic heterocycles. The SMILES string of the molecule is OCC1=CC(C(O)CNCCCCCCOCCCCc2ccccc2)=CCC1O. The van der Waals surface area contributed by atoms with Crippen LogP contribution in [0.25, 0.3) is 0 Å². The fourth-order valence-corrected chi connectivity index (χ4v) is 3.60. The van der Waals surface area contributed by atoms with Gasteiger partial charge in [0.25, 0.3) is 0 Å². The molecular weight excluding hydrogens is 378 g/mol. The normalized spacial score (nSPS) is 17.5. The molecule has 1 aromatic rings. The summed E-state index contributed by atoms with van der Waals surface area (Å²) in [5.41, 5.74) is 2.75. The Bertz CT molecular complexity index is 629. The fourth-order valence-electron chi connectivity index (χ4n) is 3.60. The van der Waals surface area contributed by atoms with E-state index in [9.17, 15) is 15.3 Å². The summed E-state index contributed by atoms with van der Waals surface area (Å²) in [6.07, 6.45) is 10.7. The Morgan fingerprint density at radius 2 is 1.73 bits per heavy atom. The largest absolute Gasteiger partial charge is 0.392 e. The van der Waals surface area contributed by atoms with Gasteiger partial charge in [-0.2, -0.15) is 0 Å². The molecule has 1 aliphatic rings. The smallest absolute Gasteiger partial charge is 0.0911 e. The van der Waals surface area contributed by atoms with Gasteiger partial charge in [0.1, 0.15) is 0 Å². The molecule has 0 saturated heterocycles. The van der Waals surface area contributed by atoms with Crippen molar-refractivity contribution in [1.82, 2.24) is 5.32 Å². The first-order valence-electron chi connectivity index (χ1n) is 11.4. The summed E-state index contributed by atoms with van der Waals surface area (Å²) in [6, 6.07) is 10.6. The van der Waals surface area contributed by atoms with E-state index in [1.165, 1.54) is 18.4 Å². The van der Waals surface area contributed by atoms with Crippen molar-refractivity contribution in [2.75, 3.05) is 32.9 Å². The van der Waals surface area contributed by atoms with E-state index in [0.717, 1.165) is 57.4 Å². The van der Waals surface area contributed by atoms with Gasteiger partial charge in [-0.05, 0) is 61.8 Å². The molecule has 1 aromatic carbocycles. The highest BCUT2D eigenvalue weighted by Gasteiger charge is 2.18. The second-order valence-electron chi connectivity index (χ2n) is 8.02. The maximum absolute atomic E-state index is 10.2. The van der Waals surface area contributed by atoms with Crippen LogP contribution in [0.1, 0.15) is 50.5 Å². The first-order valence-corrected chi connectivity index (χ1v) is 11.4. The molecule has 168 valence electrons. The topological polar surface area (TPSA) is 82.0 Å². The molecule has 1 aliphatic carbocycles. The summed E-state index contributed by atoms with van der Waals surface area (Å²) in [4.78, 5) is 0. The molecule has 0 heterocycles. The van der Waals surface area contributed by atoms with E-state index in [-0.39, 0.29) is 6.61 Å². The van der Waals surface area contributed by atoms with Crippen LogP contribution in [0.2, 0.25) is 0 Å². The highest BCUT2D eigenvalue weighted by Crippen LogP contribution is 2.19. The minimum atomic E-state index is -0.628. The van der Waals surface area contributed by atoms with Crippen molar-refractivity contribution in [3.05, 3.63) is 59.2 Å². The number of aliphatic hydroxyl groups excluding tert-OH is 3. The van der Waals surface area contributed by atoms with Crippen molar-refractivity contribution < 1.29 is 20.1 Å². The Labute approximate surface area is 181 Å². The summed E-state index contributed by atoms with van der Waals surface area (Å²) in [5, 5.41) is 32.5. The van der Waals surface area contributed by atoms with Gasteiger partial charge < -0.3 is 25.4 Å². The van der Waals surface area contributed by atoms with Crippen molar-refractivity contribution in [3.8, 4) is 0 Å². The average molecular weight is 418 g/mol. The van der Waals surface area contributed by atoms with E-state index >= 15 is 0 Å². The molecular formula is C25H39NO4. The summed E-state index contributed by atoms with van der Waals surface area (Å²) in [5.74, 6) is 0. The Kier molecular flexibility index (Phi) is 12.7. The third-order valence-corrected chi connectivity index (χ3v) is 5.50. The molecule has 5 nitrogen and oxygen atoms in total. The van der Waals surface area contributed by atoms with Crippen LogP contribution in [-0.2, 0) is 11.2 Å². The molecule has 2 unspecified atom stereocenters. The Hall–Kier alpha value is -1.50. The number of nitrogens with one attached hydrogen (secondary N) is 1. The predicted molar refractivity (Wildman–Crippen MR) is 121 cm³/mol. The van der Waals surface area contributed by atoms with Crippen LogP contribution in [0.5, 0.6) is 0 Å².